The van der Waals surface area contributed by atoms with E-state index in [0.717, 1.165) is 24.5 Å². The van der Waals surface area contributed by atoms with Crippen molar-refractivity contribution >= 4 is 0 Å². The molecule has 2 aliphatic heterocycles. The van der Waals surface area contributed by atoms with E-state index >= 15 is 0 Å². The maximum atomic E-state index is 3.96. The van der Waals surface area contributed by atoms with Crippen LogP contribution in [-0.4, -0.2) is 54.6 Å². The Hall–Kier alpha value is -0.900. The van der Waals surface area contributed by atoms with Crippen molar-refractivity contribution in [3.8, 4) is 0 Å². The summed E-state index contributed by atoms with van der Waals surface area (Å²) in [5.41, 5.74) is 1.45. The van der Waals surface area contributed by atoms with Crippen molar-refractivity contribution < 1.29 is 0 Å². The number of piperidine rings is 2. The molecular weight excluding hydrogens is 294 g/mol. The van der Waals surface area contributed by atoms with Crippen molar-refractivity contribution in [2.75, 3.05) is 32.7 Å². The highest BCUT2D eigenvalue weighted by atomic mass is 15.2. The van der Waals surface area contributed by atoms with Crippen LogP contribution in [0.2, 0.25) is 0 Å². The fourth-order valence-corrected chi connectivity index (χ4v) is 4.23. The molecule has 3 nitrogen and oxygen atoms in total. The molecular formula is C21H35N3. The Morgan fingerprint density at radius 1 is 0.875 bits per heavy atom. The Balaban J connectivity index is 1.34. The summed E-state index contributed by atoms with van der Waals surface area (Å²) in [4.78, 5) is 5.25. The van der Waals surface area contributed by atoms with Gasteiger partial charge in [-0.05, 0) is 63.3 Å². The first-order valence-electron chi connectivity index (χ1n) is 9.93. The molecule has 2 aliphatic rings. The summed E-state index contributed by atoms with van der Waals surface area (Å²) in [6.45, 7) is 12.1. The molecule has 0 unspecified atom stereocenters. The Kier molecular flexibility index (Phi) is 6.70. The SMILES string of the molecule is CC(C)CN1CCC(NC2CCN(Cc3ccccc3)CC2)CC1. The van der Waals surface area contributed by atoms with Crippen LogP contribution in [0.1, 0.15) is 45.1 Å². The standard InChI is InChI=1S/C21H35N3/c1-18(2)16-23-12-8-20(9-13-23)22-21-10-14-24(15-11-21)17-19-6-4-3-5-7-19/h3-7,18,20-22H,8-17H2,1-2H3. The van der Waals surface area contributed by atoms with Crippen molar-refractivity contribution in [3.63, 3.8) is 0 Å². The number of rotatable bonds is 6. The lowest BCUT2D eigenvalue weighted by molar-refractivity contribution is 0.149. The Morgan fingerprint density at radius 2 is 1.42 bits per heavy atom. The van der Waals surface area contributed by atoms with Crippen LogP contribution < -0.4 is 5.32 Å². The Bertz CT molecular complexity index is 457. The summed E-state index contributed by atoms with van der Waals surface area (Å²) in [6, 6.07) is 12.4. The smallest absolute Gasteiger partial charge is 0.0233 e. The van der Waals surface area contributed by atoms with E-state index in [4.69, 9.17) is 0 Å². The molecule has 3 rings (SSSR count). The molecule has 2 saturated heterocycles. The predicted octanol–water partition coefficient (Wildman–Crippen LogP) is 3.36. The van der Waals surface area contributed by atoms with Gasteiger partial charge in [0, 0.05) is 25.2 Å². The lowest BCUT2D eigenvalue weighted by atomic mass is 9.98. The summed E-state index contributed by atoms with van der Waals surface area (Å²) in [5.74, 6) is 0.795. The van der Waals surface area contributed by atoms with Gasteiger partial charge < -0.3 is 10.2 Å². The van der Waals surface area contributed by atoms with Crippen LogP contribution in [0.25, 0.3) is 0 Å². The van der Waals surface area contributed by atoms with E-state index in [1.54, 1.807) is 0 Å². The van der Waals surface area contributed by atoms with Gasteiger partial charge in [-0.3, -0.25) is 4.90 Å². The summed E-state index contributed by atoms with van der Waals surface area (Å²) in [5, 5.41) is 3.96. The van der Waals surface area contributed by atoms with Gasteiger partial charge >= 0.3 is 0 Å². The van der Waals surface area contributed by atoms with E-state index in [0.29, 0.717) is 0 Å². The number of nitrogens with one attached hydrogen (secondary N) is 1. The summed E-state index contributed by atoms with van der Waals surface area (Å²) < 4.78 is 0. The second kappa shape index (κ2) is 8.98. The van der Waals surface area contributed by atoms with E-state index in [1.807, 2.05) is 0 Å². The van der Waals surface area contributed by atoms with Crippen LogP contribution in [0.5, 0.6) is 0 Å². The molecule has 1 aromatic carbocycles. The van der Waals surface area contributed by atoms with Gasteiger partial charge in [0.25, 0.3) is 0 Å². The zero-order valence-corrected chi connectivity index (χ0v) is 15.6. The third-order valence-corrected chi connectivity index (χ3v) is 5.52. The number of nitrogens with zero attached hydrogens (tertiary/aromatic N) is 2. The van der Waals surface area contributed by atoms with Gasteiger partial charge in [0.05, 0.1) is 0 Å². The molecule has 0 aromatic heterocycles. The maximum Gasteiger partial charge on any atom is 0.0233 e. The zero-order valence-electron chi connectivity index (χ0n) is 15.6. The maximum absolute atomic E-state index is 3.96. The monoisotopic (exact) mass is 329 g/mol. The zero-order chi connectivity index (χ0) is 16.8. The van der Waals surface area contributed by atoms with Crippen LogP contribution in [0, 0.1) is 5.92 Å². The molecule has 0 atom stereocenters. The highest BCUT2D eigenvalue weighted by Crippen LogP contribution is 2.18. The lowest BCUT2D eigenvalue weighted by Crippen LogP contribution is -2.50. The second-order valence-corrected chi connectivity index (χ2v) is 8.17. The first kappa shape index (κ1) is 17.9. The molecule has 0 bridgehead atoms. The molecule has 0 spiro atoms. The van der Waals surface area contributed by atoms with Gasteiger partial charge in [0.1, 0.15) is 0 Å². The summed E-state index contributed by atoms with van der Waals surface area (Å²) >= 11 is 0. The Morgan fingerprint density at radius 3 is 1.96 bits per heavy atom. The molecule has 0 radical (unpaired) electrons. The third kappa shape index (κ3) is 5.58. The van der Waals surface area contributed by atoms with Crippen LogP contribution in [0.4, 0.5) is 0 Å². The number of hydrogen-bond acceptors (Lipinski definition) is 3. The highest BCUT2D eigenvalue weighted by molar-refractivity contribution is 5.14. The van der Waals surface area contributed by atoms with Gasteiger partial charge in [0.2, 0.25) is 0 Å². The van der Waals surface area contributed by atoms with Gasteiger partial charge in [-0.2, -0.15) is 0 Å². The van der Waals surface area contributed by atoms with Crippen molar-refractivity contribution in [2.24, 2.45) is 5.92 Å². The third-order valence-electron chi connectivity index (χ3n) is 5.52. The fourth-order valence-electron chi connectivity index (χ4n) is 4.23. The minimum atomic E-state index is 0.735. The van der Waals surface area contributed by atoms with Crippen LogP contribution in [0.3, 0.4) is 0 Å². The highest BCUT2D eigenvalue weighted by Gasteiger charge is 2.24. The molecule has 0 aliphatic carbocycles. The van der Waals surface area contributed by atoms with E-state index in [9.17, 15) is 0 Å². The molecule has 0 amide bonds. The molecule has 2 fully saturated rings. The molecule has 2 heterocycles. The van der Waals surface area contributed by atoms with E-state index in [2.05, 4.69) is 59.3 Å². The molecule has 24 heavy (non-hydrogen) atoms. The normalized spacial score (nSPS) is 22.3. The minimum Gasteiger partial charge on any atom is -0.311 e. The van der Waals surface area contributed by atoms with Crippen molar-refractivity contribution in [1.29, 1.82) is 0 Å². The van der Waals surface area contributed by atoms with Gasteiger partial charge in [0.15, 0.2) is 0 Å². The second-order valence-electron chi connectivity index (χ2n) is 8.17. The fraction of sp³-hybridized carbons (Fsp3) is 0.714. The lowest BCUT2D eigenvalue weighted by Gasteiger charge is -2.38. The van der Waals surface area contributed by atoms with E-state index in [-0.39, 0.29) is 0 Å². The van der Waals surface area contributed by atoms with Crippen LogP contribution >= 0.6 is 0 Å². The molecule has 1 aromatic rings. The molecule has 134 valence electrons. The summed E-state index contributed by atoms with van der Waals surface area (Å²) in [7, 11) is 0. The summed E-state index contributed by atoms with van der Waals surface area (Å²) in [6.07, 6.45) is 5.27. The van der Waals surface area contributed by atoms with Crippen LogP contribution in [-0.2, 0) is 6.54 Å². The minimum absolute atomic E-state index is 0.735. The first-order chi connectivity index (χ1) is 11.7. The predicted molar refractivity (Wildman–Crippen MR) is 102 cm³/mol. The van der Waals surface area contributed by atoms with Gasteiger partial charge in [-0.15, -0.1) is 0 Å². The molecule has 1 N–H and O–H groups in total. The number of benzene rings is 1. The van der Waals surface area contributed by atoms with Gasteiger partial charge in [-0.1, -0.05) is 44.2 Å². The average Bonchev–Trinajstić information content (AvgIpc) is 2.59. The average molecular weight is 330 g/mol. The van der Waals surface area contributed by atoms with Crippen molar-refractivity contribution in [2.45, 2.75) is 58.2 Å². The van der Waals surface area contributed by atoms with Crippen molar-refractivity contribution in [3.05, 3.63) is 35.9 Å². The van der Waals surface area contributed by atoms with Crippen molar-refractivity contribution in [1.82, 2.24) is 15.1 Å². The topological polar surface area (TPSA) is 18.5 Å². The number of hydrogen-bond donors (Lipinski definition) is 1. The molecule has 3 heteroatoms. The largest absolute Gasteiger partial charge is 0.311 e. The molecule has 0 saturated carbocycles. The first-order valence-corrected chi connectivity index (χ1v) is 9.93. The Labute approximate surface area is 148 Å². The van der Waals surface area contributed by atoms with Gasteiger partial charge in [-0.25, -0.2) is 0 Å². The van der Waals surface area contributed by atoms with Crippen LogP contribution in [0.15, 0.2) is 30.3 Å². The quantitative estimate of drug-likeness (QED) is 0.863. The van der Waals surface area contributed by atoms with E-state index < -0.39 is 0 Å². The van der Waals surface area contributed by atoms with E-state index in [1.165, 1.54) is 64.0 Å². The number of likely N-dealkylation sites (tertiary alicyclic amines) is 2.